The average Bonchev–Trinajstić information content (AvgIpc) is 2.78. The molecule has 0 aromatic heterocycles. The zero-order chi connectivity index (χ0) is 26.6. The van der Waals surface area contributed by atoms with Gasteiger partial charge in [0.25, 0.3) is 0 Å². The fraction of sp³-hybridized carbons (Fsp3) is 0.607. The first-order chi connectivity index (χ1) is 16.4. The molecule has 0 aliphatic heterocycles. The Balaban J connectivity index is 3.34. The highest BCUT2D eigenvalue weighted by Gasteiger charge is 2.37. The number of alkyl carbamates (subject to hydrolysis) is 1. The van der Waals surface area contributed by atoms with Crippen LogP contribution in [0, 0.1) is 18.3 Å². The topological polar surface area (TPSA) is 87.7 Å². The summed E-state index contributed by atoms with van der Waals surface area (Å²) >= 11 is 0. The van der Waals surface area contributed by atoms with E-state index in [2.05, 4.69) is 23.5 Å². The normalized spacial score (nSPS) is 12.9. The first-order valence-corrected chi connectivity index (χ1v) is 12.6. The summed E-state index contributed by atoms with van der Waals surface area (Å²) in [5, 5.41) is 5.72. The standard InChI is InChI=1S/C28H43N3O4/c1-9-12-13-18-29-25(32)24(22-16-14-21(11-3)15-17-22)31(19-10-2)26(33)23(20(4)5)30-27(34)35-28(6,7)8/h3,14-17,20,23-24H,9-10,12-13,18-19H2,1-2,4-8H3,(H,29,32)(H,30,34). The van der Waals surface area contributed by atoms with Crippen molar-refractivity contribution in [1.29, 1.82) is 0 Å². The van der Waals surface area contributed by atoms with Crippen LogP contribution in [0.1, 0.15) is 91.3 Å². The third-order valence-electron chi connectivity index (χ3n) is 5.39. The summed E-state index contributed by atoms with van der Waals surface area (Å²) in [5.74, 6) is 1.78. The number of carbonyl (C=O) groups is 3. The van der Waals surface area contributed by atoms with Crippen molar-refractivity contribution in [3.05, 3.63) is 35.4 Å². The first-order valence-electron chi connectivity index (χ1n) is 12.6. The molecule has 0 radical (unpaired) electrons. The first kappa shape index (κ1) is 30.0. The molecular formula is C28H43N3O4. The summed E-state index contributed by atoms with van der Waals surface area (Å²) in [4.78, 5) is 41.3. The van der Waals surface area contributed by atoms with Crippen molar-refractivity contribution in [2.24, 2.45) is 5.92 Å². The second-order valence-electron chi connectivity index (χ2n) is 10.1. The van der Waals surface area contributed by atoms with Gasteiger partial charge >= 0.3 is 6.09 Å². The van der Waals surface area contributed by atoms with E-state index < -0.39 is 23.8 Å². The molecule has 194 valence electrons. The van der Waals surface area contributed by atoms with Gasteiger partial charge < -0.3 is 20.3 Å². The van der Waals surface area contributed by atoms with Crippen LogP contribution >= 0.6 is 0 Å². The van der Waals surface area contributed by atoms with Crippen LogP contribution in [0.2, 0.25) is 0 Å². The number of amides is 3. The maximum absolute atomic E-state index is 13.8. The Morgan fingerprint density at radius 1 is 1.06 bits per heavy atom. The molecule has 35 heavy (non-hydrogen) atoms. The average molecular weight is 486 g/mol. The lowest BCUT2D eigenvalue weighted by atomic mass is 9.98. The number of nitrogens with one attached hydrogen (secondary N) is 2. The Hall–Kier alpha value is -3.01. The van der Waals surface area contributed by atoms with E-state index in [1.54, 1.807) is 49.9 Å². The molecule has 2 unspecified atom stereocenters. The van der Waals surface area contributed by atoms with E-state index in [-0.39, 0.29) is 17.7 Å². The van der Waals surface area contributed by atoms with Crippen LogP contribution in [0.3, 0.4) is 0 Å². The smallest absolute Gasteiger partial charge is 0.408 e. The van der Waals surface area contributed by atoms with E-state index in [4.69, 9.17) is 11.2 Å². The number of rotatable bonds is 12. The molecule has 0 spiro atoms. The Bertz CT molecular complexity index is 866. The van der Waals surface area contributed by atoms with Crippen LogP contribution in [-0.2, 0) is 14.3 Å². The number of hydrogen-bond donors (Lipinski definition) is 2. The van der Waals surface area contributed by atoms with E-state index in [1.807, 2.05) is 20.8 Å². The van der Waals surface area contributed by atoms with Crippen molar-refractivity contribution in [2.75, 3.05) is 13.1 Å². The van der Waals surface area contributed by atoms with Gasteiger partial charge in [-0.15, -0.1) is 6.42 Å². The fourth-order valence-electron chi connectivity index (χ4n) is 3.65. The van der Waals surface area contributed by atoms with Crippen molar-refractivity contribution in [1.82, 2.24) is 15.5 Å². The quantitative estimate of drug-likeness (QED) is 0.329. The summed E-state index contributed by atoms with van der Waals surface area (Å²) < 4.78 is 5.38. The predicted octanol–water partition coefficient (Wildman–Crippen LogP) is 4.80. The van der Waals surface area contributed by atoms with Gasteiger partial charge in [-0.25, -0.2) is 4.79 Å². The van der Waals surface area contributed by atoms with Crippen molar-refractivity contribution in [2.45, 2.75) is 91.8 Å². The molecule has 7 nitrogen and oxygen atoms in total. The maximum atomic E-state index is 13.8. The lowest BCUT2D eigenvalue weighted by Crippen LogP contribution is -2.55. The van der Waals surface area contributed by atoms with E-state index in [0.717, 1.165) is 19.3 Å². The van der Waals surface area contributed by atoms with Gasteiger partial charge in [0.1, 0.15) is 17.7 Å². The highest BCUT2D eigenvalue weighted by atomic mass is 16.6. The predicted molar refractivity (Wildman–Crippen MR) is 140 cm³/mol. The Morgan fingerprint density at radius 3 is 2.17 bits per heavy atom. The second-order valence-corrected chi connectivity index (χ2v) is 10.1. The van der Waals surface area contributed by atoms with E-state index in [1.165, 1.54) is 0 Å². The molecule has 1 aromatic carbocycles. The number of hydrogen-bond acceptors (Lipinski definition) is 4. The number of carbonyl (C=O) groups excluding carboxylic acids is 3. The maximum Gasteiger partial charge on any atom is 0.408 e. The largest absolute Gasteiger partial charge is 0.444 e. The Morgan fingerprint density at radius 2 is 1.69 bits per heavy atom. The molecule has 0 saturated carbocycles. The van der Waals surface area contributed by atoms with Gasteiger partial charge in [-0.3, -0.25) is 9.59 Å². The molecule has 2 atom stereocenters. The number of terminal acetylenes is 1. The Labute approximate surface area is 211 Å². The number of ether oxygens (including phenoxy) is 1. The van der Waals surface area contributed by atoms with Crippen LogP contribution in [0.25, 0.3) is 0 Å². The summed E-state index contributed by atoms with van der Waals surface area (Å²) in [7, 11) is 0. The molecule has 0 aliphatic rings. The molecule has 1 rings (SSSR count). The van der Waals surface area contributed by atoms with Crippen LogP contribution in [0.15, 0.2) is 24.3 Å². The number of nitrogens with zero attached hydrogens (tertiary/aromatic N) is 1. The van der Waals surface area contributed by atoms with Gasteiger partial charge in [0.15, 0.2) is 0 Å². The molecule has 2 N–H and O–H groups in total. The summed E-state index contributed by atoms with van der Waals surface area (Å²) in [6.07, 6.45) is 8.39. The minimum atomic E-state index is -0.850. The highest BCUT2D eigenvalue weighted by Crippen LogP contribution is 2.25. The van der Waals surface area contributed by atoms with E-state index in [9.17, 15) is 14.4 Å². The molecule has 0 fully saturated rings. The Kier molecular flexibility index (Phi) is 12.4. The van der Waals surface area contributed by atoms with Crippen molar-refractivity contribution >= 4 is 17.9 Å². The zero-order valence-corrected chi connectivity index (χ0v) is 22.4. The van der Waals surface area contributed by atoms with Gasteiger partial charge in [0.05, 0.1) is 0 Å². The second kappa shape index (κ2) is 14.4. The monoisotopic (exact) mass is 485 g/mol. The van der Waals surface area contributed by atoms with Crippen LogP contribution in [-0.4, -0.2) is 47.5 Å². The van der Waals surface area contributed by atoms with Crippen molar-refractivity contribution in [3.63, 3.8) is 0 Å². The third-order valence-corrected chi connectivity index (χ3v) is 5.39. The SMILES string of the molecule is C#Cc1ccc(C(C(=O)NCCCCC)N(CCC)C(=O)C(NC(=O)OC(C)(C)C)C(C)C)cc1. The highest BCUT2D eigenvalue weighted by molar-refractivity contribution is 5.92. The van der Waals surface area contributed by atoms with Gasteiger partial charge in [-0.1, -0.05) is 58.6 Å². The molecular weight excluding hydrogens is 442 g/mol. The molecule has 3 amide bonds. The van der Waals surface area contributed by atoms with Crippen LogP contribution < -0.4 is 10.6 Å². The van der Waals surface area contributed by atoms with Crippen molar-refractivity contribution < 1.29 is 19.1 Å². The zero-order valence-electron chi connectivity index (χ0n) is 22.4. The summed E-state index contributed by atoms with van der Waals surface area (Å²) in [6, 6.07) is 5.40. The minimum Gasteiger partial charge on any atom is -0.444 e. The van der Waals surface area contributed by atoms with Crippen LogP contribution in [0.4, 0.5) is 4.79 Å². The van der Waals surface area contributed by atoms with Gasteiger partial charge in [0.2, 0.25) is 11.8 Å². The molecule has 1 aromatic rings. The minimum absolute atomic E-state index is 0.216. The van der Waals surface area contributed by atoms with Gasteiger partial charge in [0, 0.05) is 18.7 Å². The van der Waals surface area contributed by atoms with E-state index in [0.29, 0.717) is 30.6 Å². The molecule has 0 saturated heterocycles. The van der Waals surface area contributed by atoms with Crippen molar-refractivity contribution in [3.8, 4) is 12.3 Å². The lowest BCUT2D eigenvalue weighted by molar-refractivity contribution is -0.143. The molecule has 7 heteroatoms. The fourth-order valence-corrected chi connectivity index (χ4v) is 3.65. The van der Waals surface area contributed by atoms with Gasteiger partial charge in [-0.05, 0) is 57.2 Å². The number of benzene rings is 1. The molecule has 0 heterocycles. The van der Waals surface area contributed by atoms with Crippen LogP contribution in [0.5, 0.6) is 0 Å². The number of unbranched alkanes of at least 4 members (excludes halogenated alkanes) is 2. The molecule has 0 bridgehead atoms. The summed E-state index contributed by atoms with van der Waals surface area (Å²) in [6.45, 7) is 13.9. The summed E-state index contributed by atoms with van der Waals surface area (Å²) in [5.41, 5.74) is 0.659. The third kappa shape index (κ3) is 10.0. The van der Waals surface area contributed by atoms with Gasteiger partial charge in [-0.2, -0.15) is 0 Å². The molecule has 0 aliphatic carbocycles. The lowest BCUT2D eigenvalue weighted by Gasteiger charge is -2.35. The van der Waals surface area contributed by atoms with E-state index >= 15 is 0 Å².